The second-order valence-corrected chi connectivity index (χ2v) is 9.94. The summed E-state index contributed by atoms with van der Waals surface area (Å²) in [6, 6.07) is 0. The molecule has 0 radical (unpaired) electrons. The molecule has 0 aliphatic rings. The van der Waals surface area contributed by atoms with E-state index in [0.29, 0.717) is 0 Å². The molecular weight excluding hydrogens is 378 g/mol. The monoisotopic (exact) mass is 399 g/mol. The van der Waals surface area contributed by atoms with E-state index in [9.17, 15) is 28.4 Å². The van der Waals surface area contributed by atoms with E-state index in [1.54, 1.807) is 0 Å². The fourth-order valence-electron chi connectivity index (χ4n) is 0. The van der Waals surface area contributed by atoms with E-state index in [2.05, 4.69) is 16.5 Å². The summed E-state index contributed by atoms with van der Waals surface area (Å²) in [5, 5.41) is 24.6. The van der Waals surface area contributed by atoms with Crippen LogP contribution >= 0.6 is 22.6 Å². The van der Waals surface area contributed by atoms with Gasteiger partial charge in [0.25, 0.3) is 0 Å². The first-order valence-electron chi connectivity index (χ1n) is 5.15. The first-order chi connectivity index (χ1) is 8.83. The molecule has 0 aliphatic heterocycles. The van der Waals surface area contributed by atoms with E-state index in [0.717, 1.165) is 20.8 Å². The van der Waals surface area contributed by atoms with Crippen molar-refractivity contribution in [1.82, 2.24) is 0 Å². The zero-order valence-corrected chi connectivity index (χ0v) is 16.0. The molecule has 6 atom stereocenters. The van der Waals surface area contributed by atoms with Gasteiger partial charge >= 0.3 is 17.4 Å². The Hall–Kier alpha value is 0.862. The third kappa shape index (κ3) is 23.1. The molecule has 0 saturated carbocycles. The van der Waals surface area contributed by atoms with Crippen LogP contribution in [0, 0.1) is 0 Å². The number of hydrogen-bond donors (Lipinski definition) is 6. The first kappa shape index (κ1) is 30.7. The molecule has 16 heteroatoms. The topological polar surface area (TPSA) is 259 Å². The molecule has 6 unspecified atom stereocenters. The van der Waals surface area contributed by atoms with E-state index < -0.39 is 40.1 Å². The Morgan fingerprint density at radius 2 is 0.727 bits per heavy atom. The molecule has 0 amide bonds. The predicted molar refractivity (Wildman–Crippen MR) is 76.2 cm³/mol. The number of nitrogens with two attached hydrogens (primary N) is 3. The Balaban J connectivity index is -0.000000108. The fraction of sp³-hybridized carbons (Fsp3) is 1.00. The van der Waals surface area contributed by atoms with Gasteiger partial charge in [-0.15, -0.1) is 0 Å². The molecule has 0 aromatic carbocycles. The Morgan fingerprint density at radius 1 is 0.682 bits per heavy atom. The van der Waals surface area contributed by atoms with Crippen LogP contribution in [0.2, 0.25) is 0 Å². The molecule has 0 aliphatic carbocycles. The first-order valence-corrected chi connectivity index (χ1v) is 10.4. The number of rotatable bonds is 3. The second kappa shape index (κ2) is 12.3. The van der Waals surface area contributed by atoms with E-state index in [1.165, 1.54) is 0 Å². The molecular formula is C6H21AlN3O9P3. The molecule has 0 heterocycles. The summed E-state index contributed by atoms with van der Waals surface area (Å²) in [7, 11) is -11.8. The Morgan fingerprint density at radius 3 is 0.727 bits per heavy atom. The Bertz CT molecular complexity index is 353. The van der Waals surface area contributed by atoms with Crippen LogP contribution in [0.4, 0.5) is 0 Å². The minimum atomic E-state index is -3.93. The maximum absolute atomic E-state index is 9.89. The van der Waals surface area contributed by atoms with Gasteiger partial charge < -0.3 is 43.7 Å². The van der Waals surface area contributed by atoms with Gasteiger partial charge in [0.2, 0.25) is 0 Å². The molecule has 22 heavy (non-hydrogen) atoms. The van der Waals surface area contributed by atoms with Crippen LogP contribution in [0.25, 0.3) is 0 Å². The third-order valence-electron chi connectivity index (χ3n) is 1.56. The summed E-state index contributed by atoms with van der Waals surface area (Å²) < 4.78 is 29.7. The van der Waals surface area contributed by atoms with Gasteiger partial charge in [0.1, 0.15) is 40.1 Å². The van der Waals surface area contributed by atoms with Gasteiger partial charge in [-0.25, -0.2) is 0 Å². The molecule has 9 N–H and O–H groups in total. The largest absolute Gasteiger partial charge is 3.00 e. The molecule has 0 spiro atoms. The average molecular weight is 399 g/mol. The van der Waals surface area contributed by atoms with Gasteiger partial charge in [0, 0.05) is 0 Å². The van der Waals surface area contributed by atoms with E-state index >= 15 is 0 Å². The molecule has 12 nitrogen and oxygen atoms in total. The normalized spacial score (nSPS) is 22.4. The zero-order chi connectivity index (χ0) is 18.2. The van der Waals surface area contributed by atoms with E-state index in [-0.39, 0.29) is 17.4 Å². The zero-order valence-electron chi connectivity index (χ0n) is 12.2. The molecule has 0 bridgehead atoms. The van der Waals surface area contributed by atoms with Crippen molar-refractivity contribution in [2.75, 3.05) is 0 Å². The SMILES string of the molecule is CC(O)P(N)(=O)[O-].CC(O)P(N)(=O)[O-].CC(O)P(N)(=O)[O-].[Al+3]. The summed E-state index contributed by atoms with van der Waals surface area (Å²) in [4.78, 5) is 29.7. The maximum Gasteiger partial charge on any atom is 3.00 e. The van der Waals surface area contributed by atoms with Gasteiger partial charge in [-0.2, -0.15) is 0 Å². The van der Waals surface area contributed by atoms with Crippen molar-refractivity contribution in [2.45, 2.75) is 38.3 Å². The summed E-state index contributed by atoms with van der Waals surface area (Å²) in [5.74, 6) is -4.27. The van der Waals surface area contributed by atoms with Crippen molar-refractivity contribution in [2.24, 2.45) is 16.5 Å². The molecule has 0 aromatic rings. The number of hydrogen-bond acceptors (Lipinski definition) is 9. The standard InChI is InChI=1S/3C2H8NO3P.Al/c3*1-2(4)7(3,5)6;/h3*2,4H,1H3,(H3,3,5,6);/q;;;+3/p-3. The van der Waals surface area contributed by atoms with E-state index in [1.807, 2.05) is 0 Å². The number of aliphatic hydroxyl groups excluding tert-OH is 3. The summed E-state index contributed by atoms with van der Waals surface area (Å²) in [5.41, 5.74) is 13.3. The average Bonchev–Trinajstić information content (AvgIpc) is 2.14. The van der Waals surface area contributed by atoms with Gasteiger partial charge in [0.15, 0.2) is 0 Å². The van der Waals surface area contributed by atoms with E-state index in [4.69, 9.17) is 15.3 Å². The van der Waals surface area contributed by atoms with Gasteiger partial charge in [0.05, 0.1) is 0 Å². The molecule has 0 saturated heterocycles. The smallest absolute Gasteiger partial charge is 0.786 e. The van der Waals surface area contributed by atoms with Crippen molar-refractivity contribution < 1.29 is 43.7 Å². The fourth-order valence-corrected chi connectivity index (χ4v) is 0. The Labute approximate surface area is 139 Å². The maximum atomic E-state index is 9.89. The molecule has 0 aromatic heterocycles. The van der Waals surface area contributed by atoms with Crippen molar-refractivity contribution in [3.05, 3.63) is 0 Å². The van der Waals surface area contributed by atoms with Crippen molar-refractivity contribution in [3.8, 4) is 0 Å². The number of aliphatic hydroxyl groups is 3. The molecule has 0 fully saturated rings. The van der Waals surface area contributed by atoms with Crippen LogP contribution < -0.4 is 31.2 Å². The van der Waals surface area contributed by atoms with Crippen LogP contribution in [-0.2, 0) is 13.7 Å². The minimum absolute atomic E-state index is 0. The van der Waals surface area contributed by atoms with Crippen molar-refractivity contribution in [3.63, 3.8) is 0 Å². The third-order valence-corrected chi connectivity index (χ3v) is 4.69. The second-order valence-electron chi connectivity index (χ2n) is 3.83. The van der Waals surface area contributed by atoms with Crippen molar-refractivity contribution in [1.29, 1.82) is 0 Å². The Kier molecular flexibility index (Phi) is 17.1. The van der Waals surface area contributed by atoms with Crippen LogP contribution in [0.15, 0.2) is 0 Å². The van der Waals surface area contributed by atoms with Crippen LogP contribution in [0.3, 0.4) is 0 Å². The predicted octanol–water partition coefficient (Wildman–Crippen LogP) is -3.87. The summed E-state index contributed by atoms with van der Waals surface area (Å²) in [6.07, 6.45) is 0. The quantitative estimate of drug-likeness (QED) is 0.197. The van der Waals surface area contributed by atoms with Crippen LogP contribution in [0.5, 0.6) is 0 Å². The van der Waals surface area contributed by atoms with Gasteiger partial charge in [-0.05, 0) is 20.8 Å². The molecule has 132 valence electrons. The van der Waals surface area contributed by atoms with Gasteiger partial charge in [-0.3, -0.25) is 16.5 Å². The van der Waals surface area contributed by atoms with Crippen LogP contribution in [-0.4, -0.2) is 50.2 Å². The summed E-state index contributed by atoms with van der Waals surface area (Å²) in [6.45, 7) is 3.31. The van der Waals surface area contributed by atoms with Crippen LogP contribution in [0.1, 0.15) is 20.8 Å². The minimum Gasteiger partial charge on any atom is -0.786 e. The van der Waals surface area contributed by atoms with Crippen molar-refractivity contribution >= 4 is 39.9 Å². The summed E-state index contributed by atoms with van der Waals surface area (Å²) >= 11 is 0. The van der Waals surface area contributed by atoms with Gasteiger partial charge in [-0.1, -0.05) is 0 Å². The molecule has 0 rings (SSSR count).